The fourth-order valence-corrected chi connectivity index (χ4v) is 3.33. The summed E-state index contributed by atoms with van der Waals surface area (Å²) in [4.78, 5) is 0. The Morgan fingerprint density at radius 2 is 2.10 bits per heavy atom. The second-order valence-electron chi connectivity index (χ2n) is 6.14. The van der Waals surface area contributed by atoms with Crippen molar-refractivity contribution in [3.63, 3.8) is 0 Å². The monoisotopic (exact) mass is 289 g/mol. The van der Waals surface area contributed by atoms with Crippen molar-refractivity contribution in [2.75, 3.05) is 5.73 Å². The molecule has 0 saturated heterocycles. The van der Waals surface area contributed by atoms with Crippen LogP contribution in [0, 0.1) is 17.7 Å². The number of nitrogens with zero attached hydrogens (tertiary/aromatic N) is 4. The van der Waals surface area contributed by atoms with E-state index in [9.17, 15) is 4.39 Å². The fourth-order valence-electron chi connectivity index (χ4n) is 3.33. The molecule has 112 valence electrons. The van der Waals surface area contributed by atoms with E-state index >= 15 is 0 Å². The lowest BCUT2D eigenvalue weighted by Crippen LogP contribution is -2.26. The molecule has 0 bridgehead atoms. The van der Waals surface area contributed by atoms with Gasteiger partial charge in [0.2, 0.25) is 0 Å². The largest absolute Gasteiger partial charge is 0.398 e. The molecule has 0 aliphatic heterocycles. The molecule has 2 N–H and O–H groups in total. The third-order valence-corrected chi connectivity index (χ3v) is 4.45. The number of benzene rings is 1. The lowest BCUT2D eigenvalue weighted by atomic mass is 9.80. The van der Waals surface area contributed by atoms with Crippen LogP contribution in [0.1, 0.15) is 39.2 Å². The highest BCUT2D eigenvalue weighted by Crippen LogP contribution is 2.38. The molecule has 3 unspecified atom stereocenters. The third kappa shape index (κ3) is 2.62. The molecular formula is C15H20FN5. The average molecular weight is 289 g/mol. The summed E-state index contributed by atoms with van der Waals surface area (Å²) in [7, 11) is 0. The van der Waals surface area contributed by atoms with Crippen LogP contribution in [0.5, 0.6) is 0 Å². The van der Waals surface area contributed by atoms with Gasteiger partial charge in [0.15, 0.2) is 5.82 Å². The molecule has 0 radical (unpaired) electrons. The van der Waals surface area contributed by atoms with Crippen molar-refractivity contribution >= 4 is 5.69 Å². The Balaban J connectivity index is 1.99. The van der Waals surface area contributed by atoms with Crippen LogP contribution in [0.25, 0.3) is 11.4 Å². The first-order chi connectivity index (χ1) is 10.1. The Morgan fingerprint density at radius 3 is 2.86 bits per heavy atom. The summed E-state index contributed by atoms with van der Waals surface area (Å²) < 4.78 is 15.3. The first kappa shape index (κ1) is 14.0. The quantitative estimate of drug-likeness (QED) is 0.863. The minimum atomic E-state index is -0.334. The van der Waals surface area contributed by atoms with Gasteiger partial charge >= 0.3 is 0 Å². The molecule has 1 aliphatic carbocycles. The van der Waals surface area contributed by atoms with Crippen LogP contribution in [0.15, 0.2) is 18.2 Å². The Bertz CT molecular complexity index is 639. The first-order valence-corrected chi connectivity index (χ1v) is 7.39. The van der Waals surface area contributed by atoms with Gasteiger partial charge in [-0.1, -0.05) is 13.8 Å². The van der Waals surface area contributed by atoms with Crippen LogP contribution in [-0.2, 0) is 0 Å². The zero-order valence-electron chi connectivity index (χ0n) is 12.3. The van der Waals surface area contributed by atoms with Crippen molar-refractivity contribution in [3.05, 3.63) is 24.0 Å². The number of nitrogens with two attached hydrogens (primary N) is 1. The molecule has 3 atom stereocenters. The van der Waals surface area contributed by atoms with Gasteiger partial charge in [0.25, 0.3) is 0 Å². The Morgan fingerprint density at radius 1 is 1.29 bits per heavy atom. The van der Waals surface area contributed by atoms with Crippen molar-refractivity contribution < 1.29 is 4.39 Å². The van der Waals surface area contributed by atoms with Gasteiger partial charge < -0.3 is 5.73 Å². The Labute approximate surface area is 123 Å². The number of rotatable bonds is 2. The minimum absolute atomic E-state index is 0.244. The molecule has 1 fully saturated rings. The van der Waals surface area contributed by atoms with Crippen molar-refractivity contribution in [1.29, 1.82) is 0 Å². The van der Waals surface area contributed by atoms with E-state index in [4.69, 9.17) is 5.73 Å². The molecule has 5 nitrogen and oxygen atoms in total. The van der Waals surface area contributed by atoms with Crippen LogP contribution in [0.2, 0.25) is 0 Å². The summed E-state index contributed by atoms with van der Waals surface area (Å²) in [5.41, 5.74) is 7.01. The van der Waals surface area contributed by atoms with E-state index in [1.165, 1.54) is 12.1 Å². The number of tetrazole rings is 1. The number of hydrogen-bond donors (Lipinski definition) is 1. The maximum Gasteiger partial charge on any atom is 0.184 e. The molecule has 2 aromatic rings. The van der Waals surface area contributed by atoms with Gasteiger partial charge in [-0.05, 0) is 59.7 Å². The fraction of sp³-hybridized carbons (Fsp3) is 0.533. The number of nitrogen functional groups attached to an aromatic ring is 1. The van der Waals surface area contributed by atoms with E-state index in [-0.39, 0.29) is 11.9 Å². The van der Waals surface area contributed by atoms with Crippen LogP contribution in [-0.4, -0.2) is 20.2 Å². The molecule has 3 rings (SSSR count). The highest BCUT2D eigenvalue weighted by atomic mass is 19.1. The molecule has 0 amide bonds. The molecule has 1 saturated carbocycles. The van der Waals surface area contributed by atoms with Gasteiger partial charge in [-0.2, -0.15) is 0 Å². The standard InChI is InChI=1S/C15H20FN5/c1-9-3-6-14(10(2)7-9)21-15(18-19-20-21)12-8-11(16)4-5-13(12)17/h4-5,8-10,14H,3,6-7,17H2,1-2H3. The van der Waals surface area contributed by atoms with Crippen molar-refractivity contribution in [1.82, 2.24) is 20.2 Å². The second kappa shape index (κ2) is 5.42. The molecule has 1 aromatic carbocycles. The van der Waals surface area contributed by atoms with E-state index < -0.39 is 0 Å². The summed E-state index contributed by atoms with van der Waals surface area (Å²) in [6, 6.07) is 4.54. The molecular weight excluding hydrogens is 269 g/mol. The minimum Gasteiger partial charge on any atom is -0.398 e. The van der Waals surface area contributed by atoms with E-state index in [1.54, 1.807) is 6.07 Å². The number of halogens is 1. The van der Waals surface area contributed by atoms with Gasteiger partial charge in [-0.25, -0.2) is 9.07 Å². The highest BCUT2D eigenvalue weighted by molar-refractivity contribution is 5.71. The number of hydrogen-bond acceptors (Lipinski definition) is 4. The maximum atomic E-state index is 13.5. The molecule has 1 heterocycles. The van der Waals surface area contributed by atoms with Crippen LogP contribution < -0.4 is 5.73 Å². The predicted octanol–water partition coefficient (Wildman–Crippen LogP) is 3.06. The topological polar surface area (TPSA) is 69.6 Å². The zero-order valence-corrected chi connectivity index (χ0v) is 12.3. The van der Waals surface area contributed by atoms with Crippen LogP contribution in [0.3, 0.4) is 0 Å². The van der Waals surface area contributed by atoms with Crippen molar-refractivity contribution in [3.8, 4) is 11.4 Å². The SMILES string of the molecule is CC1CCC(n2nnnc2-c2cc(F)ccc2N)C(C)C1. The Hall–Kier alpha value is -1.98. The van der Waals surface area contributed by atoms with E-state index in [1.807, 2.05) is 4.68 Å². The number of anilines is 1. The molecule has 1 aromatic heterocycles. The first-order valence-electron chi connectivity index (χ1n) is 7.39. The number of aromatic nitrogens is 4. The molecule has 6 heteroatoms. The zero-order chi connectivity index (χ0) is 15.0. The lowest BCUT2D eigenvalue weighted by molar-refractivity contribution is 0.194. The smallest absolute Gasteiger partial charge is 0.184 e. The summed E-state index contributed by atoms with van der Waals surface area (Å²) in [6.07, 6.45) is 3.35. The predicted molar refractivity (Wildman–Crippen MR) is 78.8 cm³/mol. The van der Waals surface area contributed by atoms with Gasteiger partial charge in [-0.3, -0.25) is 0 Å². The summed E-state index contributed by atoms with van der Waals surface area (Å²) >= 11 is 0. The van der Waals surface area contributed by atoms with Gasteiger partial charge in [0.05, 0.1) is 6.04 Å². The van der Waals surface area contributed by atoms with Gasteiger partial charge in [0, 0.05) is 11.3 Å². The normalized spacial score (nSPS) is 26.0. The lowest BCUT2D eigenvalue weighted by Gasteiger charge is -2.32. The summed E-state index contributed by atoms with van der Waals surface area (Å²) in [6.45, 7) is 4.50. The third-order valence-electron chi connectivity index (χ3n) is 4.45. The summed E-state index contributed by atoms with van der Waals surface area (Å²) in [5.74, 6) is 1.44. The highest BCUT2D eigenvalue weighted by Gasteiger charge is 2.30. The van der Waals surface area contributed by atoms with Crippen molar-refractivity contribution in [2.45, 2.75) is 39.2 Å². The maximum absolute atomic E-state index is 13.5. The van der Waals surface area contributed by atoms with Crippen molar-refractivity contribution in [2.24, 2.45) is 11.8 Å². The van der Waals surface area contributed by atoms with E-state index in [0.717, 1.165) is 25.2 Å². The van der Waals surface area contributed by atoms with Gasteiger partial charge in [-0.15, -0.1) is 5.10 Å². The van der Waals surface area contributed by atoms with Crippen LogP contribution >= 0.6 is 0 Å². The Kier molecular flexibility index (Phi) is 3.61. The molecule has 1 aliphatic rings. The average Bonchev–Trinajstić information content (AvgIpc) is 2.90. The molecule has 0 spiro atoms. The van der Waals surface area contributed by atoms with E-state index in [2.05, 4.69) is 29.4 Å². The summed E-state index contributed by atoms with van der Waals surface area (Å²) in [5, 5.41) is 12.0. The van der Waals surface area contributed by atoms with Gasteiger partial charge in [0.1, 0.15) is 5.82 Å². The molecule has 21 heavy (non-hydrogen) atoms. The van der Waals surface area contributed by atoms with E-state index in [0.29, 0.717) is 23.0 Å². The van der Waals surface area contributed by atoms with Crippen LogP contribution in [0.4, 0.5) is 10.1 Å². The second-order valence-corrected chi connectivity index (χ2v) is 6.14.